The first-order valence-electron chi connectivity index (χ1n) is 8.17. The van der Waals surface area contributed by atoms with E-state index in [1.807, 2.05) is 18.2 Å². The Kier molecular flexibility index (Phi) is 3.38. The van der Waals surface area contributed by atoms with Crippen LogP contribution in [0.5, 0.6) is 0 Å². The lowest BCUT2D eigenvalue weighted by atomic mass is 9.97. The monoisotopic (exact) mass is 301 g/mol. The van der Waals surface area contributed by atoms with Crippen molar-refractivity contribution in [2.75, 3.05) is 4.90 Å². The molecule has 2 aliphatic rings. The number of aryl methyl sites for hydroxylation is 2. The zero-order valence-electron chi connectivity index (χ0n) is 12.9. The van der Waals surface area contributed by atoms with Crippen molar-refractivity contribution in [3.63, 3.8) is 0 Å². The van der Waals surface area contributed by atoms with Gasteiger partial charge in [-0.3, -0.25) is 9.69 Å². The topological polar surface area (TPSA) is 44.1 Å². The van der Waals surface area contributed by atoms with Gasteiger partial charge < -0.3 is 0 Å². The van der Waals surface area contributed by atoms with Gasteiger partial charge in [0, 0.05) is 0 Å². The van der Waals surface area contributed by atoms with Gasteiger partial charge in [-0.2, -0.15) is 5.26 Å². The average molecular weight is 301 g/mol. The molecule has 2 aromatic carbocycles. The van der Waals surface area contributed by atoms with E-state index >= 15 is 0 Å². The Bertz CT molecular complexity index is 800. The maximum atomic E-state index is 11.9. The van der Waals surface area contributed by atoms with Crippen molar-refractivity contribution in [2.24, 2.45) is 0 Å². The number of anilines is 2. The lowest BCUT2D eigenvalue weighted by molar-refractivity contribution is 0.556. The van der Waals surface area contributed by atoms with E-state index in [0.717, 1.165) is 44.2 Å². The third-order valence-electron chi connectivity index (χ3n) is 5.02. The number of fused-ring (bicyclic) bond motifs is 2. The number of rotatable bonds is 3. The van der Waals surface area contributed by atoms with Crippen LogP contribution in [0.25, 0.3) is 0 Å². The molecule has 0 N–H and O–H groups in total. The van der Waals surface area contributed by atoms with Gasteiger partial charge in [0.2, 0.25) is 0 Å². The molecule has 1 amide bonds. The van der Waals surface area contributed by atoms with Crippen LogP contribution in [-0.2, 0) is 30.5 Å². The summed E-state index contributed by atoms with van der Waals surface area (Å²) in [4.78, 5) is 13.5. The van der Waals surface area contributed by atoms with E-state index in [1.54, 1.807) is 11.0 Å². The smallest absolute Gasteiger partial charge is 0.271 e. The highest BCUT2D eigenvalue weighted by atomic mass is 16.1. The van der Waals surface area contributed by atoms with E-state index in [2.05, 4.69) is 18.5 Å². The summed E-state index contributed by atoms with van der Waals surface area (Å²) in [5.74, 6) is 0. The van der Waals surface area contributed by atoms with Crippen LogP contribution in [0.1, 0.15) is 40.7 Å². The van der Waals surface area contributed by atoms with Crippen molar-refractivity contribution in [1.29, 1.82) is 5.26 Å². The van der Waals surface area contributed by atoms with Crippen molar-refractivity contribution >= 4 is 17.8 Å². The summed E-state index contributed by atoms with van der Waals surface area (Å²) in [6.07, 6.45) is 8.56. The molecule has 2 aromatic rings. The molecule has 4 rings (SSSR count). The summed E-state index contributed by atoms with van der Waals surface area (Å²) in [6.45, 7) is 0. The lowest BCUT2D eigenvalue weighted by Crippen LogP contribution is -2.19. The van der Waals surface area contributed by atoms with Gasteiger partial charge in [0.15, 0.2) is 0 Å². The fourth-order valence-corrected chi connectivity index (χ4v) is 4.03. The minimum Gasteiger partial charge on any atom is -0.271 e. The van der Waals surface area contributed by atoms with Crippen molar-refractivity contribution in [1.82, 2.24) is 0 Å². The fourth-order valence-electron chi connectivity index (χ4n) is 4.03. The molecule has 0 spiro atoms. The lowest BCUT2D eigenvalue weighted by Gasteiger charge is -2.24. The van der Waals surface area contributed by atoms with Gasteiger partial charge in [0.05, 0.1) is 16.9 Å². The minimum atomic E-state index is 0.512. The minimum absolute atomic E-state index is 0.512. The average Bonchev–Trinajstić information content (AvgIpc) is 3.23. The molecule has 0 bridgehead atoms. The zero-order chi connectivity index (χ0) is 15.8. The van der Waals surface area contributed by atoms with E-state index in [-0.39, 0.29) is 0 Å². The normalized spacial score (nSPS) is 14.9. The molecule has 0 aliphatic heterocycles. The summed E-state index contributed by atoms with van der Waals surface area (Å²) >= 11 is 0. The van der Waals surface area contributed by atoms with E-state index in [9.17, 15) is 10.1 Å². The second-order valence-electron chi connectivity index (χ2n) is 6.26. The van der Waals surface area contributed by atoms with Crippen LogP contribution in [0.3, 0.4) is 0 Å². The first-order valence-corrected chi connectivity index (χ1v) is 8.17. The van der Waals surface area contributed by atoms with Gasteiger partial charge in [-0.1, -0.05) is 18.2 Å². The van der Waals surface area contributed by atoms with Crippen LogP contribution >= 0.6 is 0 Å². The van der Waals surface area contributed by atoms with Crippen LogP contribution in [0.4, 0.5) is 11.4 Å². The molecule has 3 heteroatoms. The molecular weight excluding hydrogens is 284 g/mol. The second-order valence-corrected chi connectivity index (χ2v) is 6.26. The standard InChI is InChI=1S/C20H17N2O/c21-12-16-5-1-2-10-19(16)22(13-23)20-17-8-3-6-14(17)11-15-7-4-9-18(15)20/h1-2,5,10-11H,3-4,6-9H2. The summed E-state index contributed by atoms with van der Waals surface area (Å²) in [5.41, 5.74) is 7.46. The number of para-hydroxylation sites is 1. The Morgan fingerprint density at radius 2 is 1.61 bits per heavy atom. The maximum Gasteiger partial charge on any atom is 0.321 e. The van der Waals surface area contributed by atoms with Gasteiger partial charge in [-0.15, -0.1) is 0 Å². The summed E-state index contributed by atoms with van der Waals surface area (Å²) in [6, 6.07) is 11.8. The molecule has 113 valence electrons. The number of nitriles is 1. The Morgan fingerprint density at radius 3 is 2.22 bits per heavy atom. The molecule has 0 saturated carbocycles. The quantitative estimate of drug-likeness (QED) is 0.811. The van der Waals surface area contributed by atoms with Crippen molar-refractivity contribution < 1.29 is 4.79 Å². The molecule has 23 heavy (non-hydrogen) atoms. The SMILES string of the molecule is N#Cc1ccccc1N([C]=O)c1c2c(cc3c1CCC3)CCC2. The number of amides is 1. The molecule has 3 nitrogen and oxygen atoms in total. The molecule has 0 unspecified atom stereocenters. The summed E-state index contributed by atoms with van der Waals surface area (Å²) in [7, 11) is 0. The molecule has 0 aromatic heterocycles. The third kappa shape index (κ3) is 2.14. The highest BCUT2D eigenvalue weighted by Crippen LogP contribution is 2.43. The number of benzene rings is 2. The predicted molar refractivity (Wildman–Crippen MR) is 89.5 cm³/mol. The Balaban J connectivity index is 1.96. The summed E-state index contributed by atoms with van der Waals surface area (Å²) in [5, 5.41) is 9.39. The number of hydrogen-bond acceptors (Lipinski definition) is 2. The van der Waals surface area contributed by atoms with E-state index < -0.39 is 0 Å². The first kappa shape index (κ1) is 14.0. The number of nitrogens with zero attached hydrogens (tertiary/aromatic N) is 2. The van der Waals surface area contributed by atoms with Crippen LogP contribution in [-0.4, -0.2) is 6.41 Å². The van der Waals surface area contributed by atoms with Crippen molar-refractivity contribution in [3.8, 4) is 6.07 Å². The molecule has 1 radical (unpaired) electrons. The highest BCUT2D eigenvalue weighted by Gasteiger charge is 2.28. The van der Waals surface area contributed by atoms with Gasteiger partial charge in [0.1, 0.15) is 6.07 Å². The van der Waals surface area contributed by atoms with Crippen molar-refractivity contribution in [3.05, 3.63) is 58.1 Å². The molecule has 2 aliphatic carbocycles. The zero-order valence-corrected chi connectivity index (χ0v) is 12.9. The van der Waals surface area contributed by atoms with Gasteiger partial charge in [-0.05, 0) is 72.9 Å². The fraction of sp³-hybridized carbons (Fsp3) is 0.300. The van der Waals surface area contributed by atoms with Crippen molar-refractivity contribution in [2.45, 2.75) is 38.5 Å². The van der Waals surface area contributed by atoms with Crippen LogP contribution < -0.4 is 4.90 Å². The molecule has 0 heterocycles. The predicted octanol–water partition coefficient (Wildman–Crippen LogP) is 3.74. The molecule has 0 fully saturated rings. The van der Waals surface area contributed by atoms with E-state index in [1.165, 1.54) is 22.3 Å². The van der Waals surface area contributed by atoms with Gasteiger partial charge in [-0.25, -0.2) is 0 Å². The van der Waals surface area contributed by atoms with E-state index in [4.69, 9.17) is 0 Å². The second kappa shape index (κ2) is 5.55. The van der Waals surface area contributed by atoms with E-state index in [0.29, 0.717) is 11.3 Å². The van der Waals surface area contributed by atoms with Crippen LogP contribution in [0.15, 0.2) is 30.3 Å². The molecular formula is C20H17N2O. The maximum absolute atomic E-state index is 11.9. The van der Waals surface area contributed by atoms with Crippen LogP contribution in [0.2, 0.25) is 0 Å². The van der Waals surface area contributed by atoms with Gasteiger partial charge in [0.25, 0.3) is 0 Å². The number of carbonyl (C=O) groups excluding carboxylic acids is 1. The molecule has 0 atom stereocenters. The highest BCUT2D eigenvalue weighted by molar-refractivity contribution is 5.92. The summed E-state index contributed by atoms with van der Waals surface area (Å²) < 4.78 is 0. The van der Waals surface area contributed by atoms with Crippen LogP contribution in [0, 0.1) is 11.3 Å². The largest absolute Gasteiger partial charge is 0.321 e. The third-order valence-corrected chi connectivity index (χ3v) is 5.02. The Morgan fingerprint density at radius 1 is 0.957 bits per heavy atom. The Labute approximate surface area is 136 Å². The number of hydrogen-bond donors (Lipinski definition) is 0. The Hall–Kier alpha value is -2.60. The molecule has 0 saturated heterocycles. The van der Waals surface area contributed by atoms with Gasteiger partial charge >= 0.3 is 6.41 Å². The first-order chi connectivity index (χ1) is 11.3.